The Morgan fingerprint density at radius 1 is 1.50 bits per heavy atom. The van der Waals surface area contributed by atoms with E-state index in [-0.39, 0.29) is 5.24 Å². The second-order valence-corrected chi connectivity index (χ2v) is 5.32. The Bertz CT molecular complexity index is 391. The number of halogens is 1. The van der Waals surface area contributed by atoms with Crippen molar-refractivity contribution in [3.63, 3.8) is 0 Å². The maximum Gasteiger partial charge on any atom is 0.279 e. The lowest BCUT2D eigenvalue weighted by molar-refractivity contribution is 0.262. The second kappa shape index (κ2) is 5.41. The standard InChI is InChI=1S/C12H14ClNOS/c1-4-12(2,16-11(15)14-3)9-5-7-10(13)8-6-9/h4-8H,1H2,2-3H3,(H,14,15). The molecule has 1 aromatic carbocycles. The highest BCUT2D eigenvalue weighted by Gasteiger charge is 2.26. The predicted molar refractivity (Wildman–Crippen MR) is 71.0 cm³/mol. The molecule has 0 fully saturated rings. The lowest BCUT2D eigenvalue weighted by atomic mass is 10.0. The number of carbonyl (C=O) groups excluding carboxylic acids is 1. The minimum Gasteiger partial charge on any atom is -0.350 e. The van der Waals surface area contributed by atoms with Crippen molar-refractivity contribution in [1.82, 2.24) is 5.32 Å². The average Bonchev–Trinajstić information content (AvgIpc) is 2.29. The number of amides is 1. The van der Waals surface area contributed by atoms with Crippen LogP contribution in [0.5, 0.6) is 0 Å². The van der Waals surface area contributed by atoms with Gasteiger partial charge in [0.25, 0.3) is 5.24 Å². The maximum atomic E-state index is 11.4. The van der Waals surface area contributed by atoms with Crippen LogP contribution in [0.2, 0.25) is 5.02 Å². The van der Waals surface area contributed by atoms with E-state index in [4.69, 9.17) is 11.6 Å². The first kappa shape index (κ1) is 13.1. The normalized spacial score (nSPS) is 13.9. The summed E-state index contributed by atoms with van der Waals surface area (Å²) in [5.41, 5.74) is 1.00. The van der Waals surface area contributed by atoms with E-state index in [1.54, 1.807) is 13.1 Å². The fraction of sp³-hybridized carbons (Fsp3) is 0.250. The van der Waals surface area contributed by atoms with Crippen LogP contribution >= 0.6 is 23.4 Å². The van der Waals surface area contributed by atoms with Gasteiger partial charge in [0, 0.05) is 12.1 Å². The van der Waals surface area contributed by atoms with E-state index in [0.29, 0.717) is 5.02 Å². The van der Waals surface area contributed by atoms with Crippen molar-refractivity contribution in [2.45, 2.75) is 11.7 Å². The maximum absolute atomic E-state index is 11.4. The van der Waals surface area contributed by atoms with Crippen LogP contribution in [0.1, 0.15) is 12.5 Å². The number of carbonyl (C=O) groups is 1. The van der Waals surface area contributed by atoms with Gasteiger partial charge in [0.05, 0.1) is 4.75 Å². The lowest BCUT2D eigenvalue weighted by Crippen LogP contribution is -2.22. The molecular formula is C12H14ClNOS. The molecule has 2 nitrogen and oxygen atoms in total. The number of thioether (sulfide) groups is 1. The number of nitrogens with one attached hydrogen (secondary N) is 1. The van der Waals surface area contributed by atoms with Crippen molar-refractivity contribution >= 4 is 28.6 Å². The molecule has 1 N–H and O–H groups in total. The van der Waals surface area contributed by atoms with Gasteiger partial charge in [0.1, 0.15) is 0 Å². The summed E-state index contributed by atoms with van der Waals surface area (Å²) in [5.74, 6) is 0. The molecule has 0 bridgehead atoms. The Kier molecular flexibility index (Phi) is 4.44. The molecule has 0 aliphatic heterocycles. The molecule has 0 radical (unpaired) electrons. The van der Waals surface area contributed by atoms with Crippen molar-refractivity contribution < 1.29 is 4.79 Å². The van der Waals surface area contributed by atoms with Gasteiger partial charge in [0.15, 0.2) is 0 Å². The van der Waals surface area contributed by atoms with Crippen LogP contribution in [0.25, 0.3) is 0 Å². The number of benzene rings is 1. The van der Waals surface area contributed by atoms with Gasteiger partial charge in [-0.05, 0) is 36.4 Å². The molecule has 1 atom stereocenters. The average molecular weight is 256 g/mol. The summed E-state index contributed by atoms with van der Waals surface area (Å²) in [6, 6.07) is 7.42. The number of hydrogen-bond donors (Lipinski definition) is 1. The Morgan fingerprint density at radius 2 is 2.06 bits per heavy atom. The zero-order chi connectivity index (χ0) is 12.2. The lowest BCUT2D eigenvalue weighted by Gasteiger charge is -2.24. The number of hydrogen-bond acceptors (Lipinski definition) is 2. The van der Waals surface area contributed by atoms with Crippen molar-refractivity contribution in [3.8, 4) is 0 Å². The predicted octanol–water partition coefficient (Wildman–Crippen LogP) is 3.81. The summed E-state index contributed by atoms with van der Waals surface area (Å²) in [4.78, 5) is 11.4. The van der Waals surface area contributed by atoms with Gasteiger partial charge in [-0.2, -0.15) is 0 Å². The molecule has 1 aromatic rings. The summed E-state index contributed by atoms with van der Waals surface area (Å²) in [5, 5.41) is 3.18. The summed E-state index contributed by atoms with van der Waals surface area (Å²) in [6.45, 7) is 5.73. The monoisotopic (exact) mass is 255 g/mol. The fourth-order valence-corrected chi connectivity index (χ4v) is 2.19. The van der Waals surface area contributed by atoms with E-state index in [1.165, 1.54) is 11.8 Å². The van der Waals surface area contributed by atoms with Gasteiger partial charge in [0.2, 0.25) is 0 Å². The molecule has 16 heavy (non-hydrogen) atoms. The van der Waals surface area contributed by atoms with E-state index in [2.05, 4.69) is 11.9 Å². The van der Waals surface area contributed by atoms with E-state index in [0.717, 1.165) is 5.56 Å². The van der Waals surface area contributed by atoms with Gasteiger partial charge in [-0.1, -0.05) is 29.8 Å². The Labute approximate surface area is 105 Å². The van der Waals surface area contributed by atoms with E-state index in [9.17, 15) is 4.79 Å². The summed E-state index contributed by atoms with van der Waals surface area (Å²) in [6.07, 6.45) is 1.76. The first-order chi connectivity index (χ1) is 7.51. The SMILES string of the molecule is C=CC(C)(SC(=O)NC)c1ccc(Cl)cc1. The molecule has 0 aromatic heterocycles. The molecule has 4 heteroatoms. The molecule has 0 saturated carbocycles. The zero-order valence-electron chi connectivity index (χ0n) is 9.29. The molecule has 0 heterocycles. The molecule has 0 aliphatic carbocycles. The fourth-order valence-electron chi connectivity index (χ4n) is 1.24. The van der Waals surface area contributed by atoms with Crippen LogP contribution in [0.4, 0.5) is 4.79 Å². The highest BCUT2D eigenvalue weighted by molar-refractivity contribution is 8.14. The van der Waals surface area contributed by atoms with Gasteiger partial charge in [-0.25, -0.2) is 0 Å². The summed E-state index contributed by atoms with van der Waals surface area (Å²) in [7, 11) is 1.61. The zero-order valence-corrected chi connectivity index (χ0v) is 10.9. The van der Waals surface area contributed by atoms with E-state index in [1.807, 2.05) is 31.2 Å². The smallest absolute Gasteiger partial charge is 0.279 e. The molecule has 86 valence electrons. The Hall–Kier alpha value is -0.930. The van der Waals surface area contributed by atoms with Crippen LogP contribution in [0.15, 0.2) is 36.9 Å². The minimum absolute atomic E-state index is 0.0858. The quantitative estimate of drug-likeness (QED) is 0.832. The molecule has 0 spiro atoms. The van der Waals surface area contributed by atoms with Crippen molar-refractivity contribution in [2.24, 2.45) is 0 Å². The molecular weight excluding hydrogens is 242 g/mol. The van der Waals surface area contributed by atoms with Crippen molar-refractivity contribution in [1.29, 1.82) is 0 Å². The largest absolute Gasteiger partial charge is 0.350 e. The van der Waals surface area contributed by atoms with E-state index >= 15 is 0 Å². The van der Waals surface area contributed by atoms with Gasteiger partial charge in [-0.15, -0.1) is 6.58 Å². The van der Waals surface area contributed by atoms with Gasteiger partial charge >= 0.3 is 0 Å². The Morgan fingerprint density at radius 3 is 2.50 bits per heavy atom. The van der Waals surface area contributed by atoms with Crippen LogP contribution in [0.3, 0.4) is 0 Å². The molecule has 1 rings (SSSR count). The minimum atomic E-state index is -0.440. The topological polar surface area (TPSA) is 29.1 Å². The summed E-state index contributed by atoms with van der Waals surface area (Å²) >= 11 is 7.02. The van der Waals surface area contributed by atoms with Crippen LogP contribution in [-0.2, 0) is 4.75 Å². The third kappa shape index (κ3) is 3.03. The second-order valence-electron chi connectivity index (χ2n) is 3.46. The molecule has 1 amide bonds. The first-order valence-electron chi connectivity index (χ1n) is 4.82. The van der Waals surface area contributed by atoms with Crippen LogP contribution in [-0.4, -0.2) is 12.3 Å². The third-order valence-electron chi connectivity index (χ3n) is 2.32. The summed E-state index contributed by atoms with van der Waals surface area (Å²) < 4.78 is -0.440. The van der Waals surface area contributed by atoms with Crippen LogP contribution < -0.4 is 5.32 Å². The highest BCUT2D eigenvalue weighted by atomic mass is 35.5. The van der Waals surface area contributed by atoms with Gasteiger partial charge < -0.3 is 5.32 Å². The van der Waals surface area contributed by atoms with Crippen LogP contribution in [0, 0.1) is 0 Å². The van der Waals surface area contributed by atoms with Gasteiger partial charge in [-0.3, -0.25) is 4.79 Å². The van der Waals surface area contributed by atoms with Crippen molar-refractivity contribution in [2.75, 3.05) is 7.05 Å². The first-order valence-corrected chi connectivity index (χ1v) is 6.01. The Balaban J connectivity index is 2.99. The van der Waals surface area contributed by atoms with Crippen molar-refractivity contribution in [3.05, 3.63) is 47.5 Å². The molecule has 1 unspecified atom stereocenters. The molecule has 0 aliphatic rings. The van der Waals surface area contributed by atoms with E-state index < -0.39 is 4.75 Å². The third-order valence-corrected chi connectivity index (χ3v) is 3.78. The molecule has 0 saturated heterocycles. The highest BCUT2D eigenvalue weighted by Crippen LogP contribution is 2.37. The number of rotatable bonds is 3.